The average Bonchev–Trinajstić information content (AvgIpc) is 3.03. The van der Waals surface area contributed by atoms with Crippen molar-refractivity contribution in [3.8, 4) is 0 Å². The third-order valence-electron chi connectivity index (χ3n) is 3.91. The number of fused-ring (bicyclic) bond motifs is 1. The van der Waals surface area contributed by atoms with Crippen LogP contribution in [0.1, 0.15) is 13.3 Å². The third-order valence-corrected chi connectivity index (χ3v) is 5.63. The summed E-state index contributed by atoms with van der Waals surface area (Å²) in [6.45, 7) is 4.90. The van der Waals surface area contributed by atoms with Gasteiger partial charge in [-0.1, -0.05) is 0 Å². The molecule has 0 aromatic carbocycles. The molecule has 3 heterocycles. The predicted octanol–water partition coefficient (Wildman–Crippen LogP) is -0.115. The molecule has 0 amide bonds. The molecule has 6 nitrogen and oxygen atoms in total. The smallest absolute Gasteiger partial charge is 0.262 e. The molecule has 3 rings (SSSR count). The van der Waals surface area contributed by atoms with E-state index in [2.05, 4.69) is 10.3 Å². The summed E-state index contributed by atoms with van der Waals surface area (Å²) >= 11 is 0. The molecule has 2 atom stereocenters. The van der Waals surface area contributed by atoms with Gasteiger partial charge < -0.3 is 9.88 Å². The largest absolute Gasteiger partial charge is 0.336 e. The van der Waals surface area contributed by atoms with E-state index in [-0.39, 0.29) is 5.03 Å². The zero-order chi connectivity index (χ0) is 12.8. The Morgan fingerprint density at radius 3 is 3.00 bits per heavy atom. The first-order chi connectivity index (χ1) is 8.61. The van der Waals surface area contributed by atoms with E-state index in [1.807, 2.05) is 6.92 Å². The Bertz CT molecular complexity index is 527. The molecule has 2 saturated heterocycles. The molecule has 2 fully saturated rings. The molecule has 2 aliphatic rings. The summed E-state index contributed by atoms with van der Waals surface area (Å²) in [7, 11) is -3.41. The summed E-state index contributed by atoms with van der Waals surface area (Å²) in [6.07, 6.45) is 4.25. The van der Waals surface area contributed by atoms with Gasteiger partial charge in [0.2, 0.25) is 0 Å². The number of imidazole rings is 1. The second-order valence-electron chi connectivity index (χ2n) is 4.97. The minimum atomic E-state index is -3.41. The van der Waals surface area contributed by atoms with E-state index in [1.165, 1.54) is 0 Å². The van der Waals surface area contributed by atoms with Crippen LogP contribution in [-0.2, 0) is 16.6 Å². The van der Waals surface area contributed by atoms with Crippen LogP contribution in [0.5, 0.6) is 0 Å². The quantitative estimate of drug-likeness (QED) is 0.832. The van der Waals surface area contributed by atoms with Crippen LogP contribution in [0.3, 0.4) is 0 Å². The SMILES string of the molecule is CCn1cnc(S(=O)(=O)N2C[C@@H]3CCN[C@@H]3C2)c1. The zero-order valence-corrected chi connectivity index (χ0v) is 11.2. The van der Waals surface area contributed by atoms with Crippen molar-refractivity contribution < 1.29 is 8.42 Å². The van der Waals surface area contributed by atoms with E-state index in [4.69, 9.17) is 0 Å². The molecule has 2 aliphatic heterocycles. The van der Waals surface area contributed by atoms with Crippen LogP contribution in [0, 0.1) is 5.92 Å². The lowest BCUT2D eigenvalue weighted by Crippen LogP contribution is -2.34. The van der Waals surface area contributed by atoms with E-state index in [0.29, 0.717) is 25.0 Å². The fraction of sp³-hybridized carbons (Fsp3) is 0.727. The molecule has 7 heteroatoms. The van der Waals surface area contributed by atoms with E-state index in [0.717, 1.165) is 19.5 Å². The fourth-order valence-electron chi connectivity index (χ4n) is 2.78. The monoisotopic (exact) mass is 270 g/mol. The maximum Gasteiger partial charge on any atom is 0.262 e. The highest BCUT2D eigenvalue weighted by molar-refractivity contribution is 7.89. The number of hydrogen-bond acceptors (Lipinski definition) is 4. The predicted molar refractivity (Wildman–Crippen MR) is 66.6 cm³/mol. The molecular formula is C11H18N4O2S. The molecule has 0 saturated carbocycles. The molecule has 18 heavy (non-hydrogen) atoms. The molecule has 1 N–H and O–H groups in total. The van der Waals surface area contributed by atoms with Gasteiger partial charge in [0.15, 0.2) is 5.03 Å². The Labute approximate surface area is 107 Å². The Kier molecular flexibility index (Phi) is 2.91. The van der Waals surface area contributed by atoms with Crippen molar-refractivity contribution in [2.45, 2.75) is 31.0 Å². The van der Waals surface area contributed by atoms with Crippen molar-refractivity contribution >= 4 is 10.0 Å². The number of aromatic nitrogens is 2. The van der Waals surface area contributed by atoms with E-state index < -0.39 is 10.0 Å². The minimum absolute atomic E-state index is 0.171. The van der Waals surface area contributed by atoms with Crippen molar-refractivity contribution in [2.75, 3.05) is 19.6 Å². The van der Waals surface area contributed by atoms with Gasteiger partial charge in [0.25, 0.3) is 10.0 Å². The molecule has 100 valence electrons. The first-order valence-electron chi connectivity index (χ1n) is 6.36. The van der Waals surface area contributed by atoms with Gasteiger partial charge in [0.05, 0.1) is 6.33 Å². The van der Waals surface area contributed by atoms with Crippen LogP contribution in [-0.4, -0.2) is 48.0 Å². The van der Waals surface area contributed by atoms with Gasteiger partial charge in [-0.05, 0) is 25.8 Å². The van der Waals surface area contributed by atoms with Crippen LogP contribution in [0.4, 0.5) is 0 Å². The lowest BCUT2D eigenvalue weighted by Gasteiger charge is -2.15. The van der Waals surface area contributed by atoms with E-state index >= 15 is 0 Å². The minimum Gasteiger partial charge on any atom is -0.336 e. The first kappa shape index (κ1) is 12.1. The summed E-state index contributed by atoms with van der Waals surface area (Å²) < 4.78 is 28.2. The molecular weight excluding hydrogens is 252 g/mol. The van der Waals surface area contributed by atoms with Gasteiger partial charge in [-0.15, -0.1) is 0 Å². The van der Waals surface area contributed by atoms with Gasteiger partial charge in [0.1, 0.15) is 0 Å². The van der Waals surface area contributed by atoms with Crippen molar-refractivity contribution in [1.29, 1.82) is 0 Å². The van der Waals surface area contributed by atoms with Gasteiger partial charge in [-0.3, -0.25) is 0 Å². The summed E-state index contributed by atoms with van der Waals surface area (Å²) in [4.78, 5) is 4.01. The van der Waals surface area contributed by atoms with Gasteiger partial charge in [0, 0.05) is 31.9 Å². The number of aryl methyl sites for hydroxylation is 1. The van der Waals surface area contributed by atoms with Gasteiger partial charge in [-0.25, -0.2) is 13.4 Å². The number of sulfonamides is 1. The molecule has 0 radical (unpaired) electrons. The van der Waals surface area contributed by atoms with E-state index in [1.54, 1.807) is 21.4 Å². The summed E-state index contributed by atoms with van der Waals surface area (Å²) in [5.41, 5.74) is 0. The van der Waals surface area contributed by atoms with Crippen LogP contribution >= 0.6 is 0 Å². The van der Waals surface area contributed by atoms with Gasteiger partial charge >= 0.3 is 0 Å². The number of rotatable bonds is 3. The molecule has 0 bridgehead atoms. The van der Waals surface area contributed by atoms with Crippen LogP contribution in [0.15, 0.2) is 17.6 Å². The lowest BCUT2D eigenvalue weighted by molar-refractivity contribution is 0.446. The standard InChI is InChI=1S/C11H18N4O2S/c1-2-14-7-11(13-8-14)18(16,17)15-5-9-3-4-12-10(9)6-15/h7-10,12H,2-6H2,1H3/t9-,10+/m0/s1. The third kappa shape index (κ3) is 1.86. The van der Waals surface area contributed by atoms with Gasteiger partial charge in [-0.2, -0.15) is 4.31 Å². The summed E-state index contributed by atoms with van der Waals surface area (Å²) in [6, 6.07) is 0.327. The Morgan fingerprint density at radius 1 is 1.50 bits per heavy atom. The van der Waals surface area contributed by atoms with Crippen molar-refractivity contribution in [3.63, 3.8) is 0 Å². The molecule has 1 aromatic rings. The second-order valence-corrected chi connectivity index (χ2v) is 6.86. The average molecular weight is 270 g/mol. The highest BCUT2D eigenvalue weighted by Gasteiger charge is 2.42. The Balaban J connectivity index is 1.82. The maximum absolute atomic E-state index is 12.4. The lowest BCUT2D eigenvalue weighted by atomic mass is 10.1. The molecule has 1 aromatic heterocycles. The highest BCUT2D eigenvalue weighted by atomic mass is 32.2. The molecule has 0 unspecified atom stereocenters. The van der Waals surface area contributed by atoms with Crippen LogP contribution < -0.4 is 5.32 Å². The first-order valence-corrected chi connectivity index (χ1v) is 7.80. The summed E-state index contributed by atoms with van der Waals surface area (Å²) in [5.74, 6) is 0.466. The topological polar surface area (TPSA) is 67.2 Å². The zero-order valence-electron chi connectivity index (χ0n) is 10.4. The Morgan fingerprint density at radius 2 is 2.33 bits per heavy atom. The van der Waals surface area contributed by atoms with Crippen molar-refractivity contribution in [1.82, 2.24) is 19.2 Å². The number of hydrogen-bond donors (Lipinski definition) is 1. The van der Waals surface area contributed by atoms with Crippen LogP contribution in [0.2, 0.25) is 0 Å². The van der Waals surface area contributed by atoms with Crippen molar-refractivity contribution in [3.05, 3.63) is 12.5 Å². The molecule has 0 aliphatic carbocycles. The summed E-state index contributed by atoms with van der Waals surface area (Å²) in [5, 5.41) is 3.53. The number of nitrogens with one attached hydrogen (secondary N) is 1. The normalized spacial score (nSPS) is 28.7. The Hall–Kier alpha value is -0.920. The van der Waals surface area contributed by atoms with E-state index in [9.17, 15) is 8.42 Å². The second kappa shape index (κ2) is 4.32. The molecule has 0 spiro atoms. The maximum atomic E-state index is 12.4. The van der Waals surface area contributed by atoms with Crippen LogP contribution in [0.25, 0.3) is 0 Å². The number of nitrogens with zero attached hydrogens (tertiary/aromatic N) is 3. The fourth-order valence-corrected chi connectivity index (χ4v) is 4.24. The highest BCUT2D eigenvalue weighted by Crippen LogP contribution is 2.28. The van der Waals surface area contributed by atoms with Crippen molar-refractivity contribution in [2.24, 2.45) is 5.92 Å².